The fourth-order valence-electron chi connectivity index (χ4n) is 2.74. The van der Waals surface area contributed by atoms with Gasteiger partial charge in [0.05, 0.1) is 10.6 Å². The first kappa shape index (κ1) is 15.1. The molecule has 112 valence electrons. The van der Waals surface area contributed by atoms with Crippen molar-refractivity contribution in [2.45, 2.75) is 50.0 Å². The Morgan fingerprint density at radius 3 is 2.80 bits per heavy atom. The summed E-state index contributed by atoms with van der Waals surface area (Å²) in [5.74, 6) is -0.0901. The number of nitrogens with zero attached hydrogens (tertiary/aromatic N) is 1. The zero-order valence-corrected chi connectivity index (χ0v) is 12.6. The summed E-state index contributed by atoms with van der Waals surface area (Å²) in [6, 6.07) is 4.16. The summed E-state index contributed by atoms with van der Waals surface area (Å²) in [5.41, 5.74) is 5.70. The molecule has 5 nitrogen and oxygen atoms in total. The number of hydrogen-bond donors (Lipinski definition) is 2. The zero-order valence-electron chi connectivity index (χ0n) is 11.7. The monoisotopic (exact) mass is 298 g/mol. The van der Waals surface area contributed by atoms with Crippen LogP contribution in [0, 0.1) is 0 Å². The number of piperidine rings is 1. The van der Waals surface area contributed by atoms with E-state index < -0.39 is 10.0 Å². The maximum atomic E-state index is 12.7. The van der Waals surface area contributed by atoms with Gasteiger partial charge < -0.3 is 10.8 Å². The summed E-state index contributed by atoms with van der Waals surface area (Å²) < 4.78 is 27.1. The van der Waals surface area contributed by atoms with E-state index in [1.54, 1.807) is 4.31 Å². The normalized spacial score (nSPS) is 20.9. The van der Waals surface area contributed by atoms with Crippen molar-refractivity contribution in [2.24, 2.45) is 0 Å². The number of hydrogen-bond acceptors (Lipinski definition) is 4. The van der Waals surface area contributed by atoms with E-state index in [9.17, 15) is 13.5 Å². The van der Waals surface area contributed by atoms with Crippen molar-refractivity contribution in [2.75, 3.05) is 12.3 Å². The molecular weight excluding hydrogens is 276 g/mol. The van der Waals surface area contributed by atoms with Crippen LogP contribution in [-0.4, -0.2) is 30.4 Å². The van der Waals surface area contributed by atoms with Gasteiger partial charge in [-0.15, -0.1) is 0 Å². The second-order valence-electron chi connectivity index (χ2n) is 5.27. The molecule has 1 aromatic rings. The molecule has 1 aromatic carbocycles. The molecule has 6 heteroatoms. The smallest absolute Gasteiger partial charge is 0.243 e. The molecule has 0 aromatic heterocycles. The molecule has 0 saturated carbocycles. The number of nitrogens with two attached hydrogens (primary N) is 1. The summed E-state index contributed by atoms with van der Waals surface area (Å²) in [7, 11) is -3.53. The summed E-state index contributed by atoms with van der Waals surface area (Å²) >= 11 is 0. The quantitative estimate of drug-likeness (QED) is 0.660. The average molecular weight is 298 g/mol. The van der Waals surface area contributed by atoms with Gasteiger partial charge in [0.15, 0.2) is 0 Å². The molecule has 20 heavy (non-hydrogen) atoms. The van der Waals surface area contributed by atoms with Crippen molar-refractivity contribution >= 4 is 15.7 Å². The molecule has 0 bridgehead atoms. The van der Waals surface area contributed by atoms with Crippen molar-refractivity contribution in [3.8, 4) is 5.75 Å². The van der Waals surface area contributed by atoms with E-state index in [2.05, 4.69) is 6.92 Å². The standard InChI is InChI=1S/C14H22N2O3S/c1-2-5-11-6-3-4-9-16(11)20(18,19)12-7-8-14(17)13(15)10-12/h7-8,10-11,17H,2-6,9,15H2,1H3. The molecule has 1 aliphatic heterocycles. The van der Waals surface area contributed by atoms with Crippen LogP contribution in [0.2, 0.25) is 0 Å². The molecule has 2 rings (SSSR count). The minimum atomic E-state index is -3.53. The number of benzene rings is 1. The Labute approximate surface area is 120 Å². The Morgan fingerprint density at radius 2 is 2.15 bits per heavy atom. The summed E-state index contributed by atoms with van der Waals surface area (Å²) in [6.07, 6.45) is 4.74. The van der Waals surface area contributed by atoms with Gasteiger partial charge in [-0.1, -0.05) is 19.8 Å². The fourth-order valence-corrected chi connectivity index (χ4v) is 4.50. The van der Waals surface area contributed by atoms with Gasteiger partial charge in [-0.25, -0.2) is 8.42 Å². The fraction of sp³-hybridized carbons (Fsp3) is 0.571. The third kappa shape index (κ3) is 2.91. The van der Waals surface area contributed by atoms with Crippen LogP contribution in [0.4, 0.5) is 5.69 Å². The van der Waals surface area contributed by atoms with Gasteiger partial charge in [-0.2, -0.15) is 4.31 Å². The van der Waals surface area contributed by atoms with Crippen molar-refractivity contribution in [1.82, 2.24) is 4.31 Å². The third-order valence-corrected chi connectivity index (χ3v) is 5.75. The zero-order chi connectivity index (χ0) is 14.8. The number of anilines is 1. The first-order valence-electron chi connectivity index (χ1n) is 7.07. The first-order valence-corrected chi connectivity index (χ1v) is 8.51. The molecule has 1 saturated heterocycles. The van der Waals surface area contributed by atoms with E-state index in [0.717, 1.165) is 32.1 Å². The molecule has 3 N–H and O–H groups in total. The van der Waals surface area contributed by atoms with Crippen LogP contribution in [-0.2, 0) is 10.0 Å². The van der Waals surface area contributed by atoms with Crippen LogP contribution in [0.1, 0.15) is 39.0 Å². The SMILES string of the molecule is CCCC1CCCCN1S(=O)(=O)c1ccc(O)c(N)c1. The number of aromatic hydroxyl groups is 1. The predicted molar refractivity (Wildman–Crippen MR) is 79.0 cm³/mol. The van der Waals surface area contributed by atoms with Gasteiger partial charge in [0.2, 0.25) is 10.0 Å². The highest BCUT2D eigenvalue weighted by molar-refractivity contribution is 7.89. The topological polar surface area (TPSA) is 83.6 Å². The van der Waals surface area contributed by atoms with E-state index in [0.29, 0.717) is 6.54 Å². The number of sulfonamides is 1. The highest BCUT2D eigenvalue weighted by atomic mass is 32.2. The Hall–Kier alpha value is -1.27. The van der Waals surface area contributed by atoms with Crippen LogP contribution < -0.4 is 5.73 Å². The molecule has 0 amide bonds. The lowest BCUT2D eigenvalue weighted by molar-refractivity contribution is 0.239. The summed E-state index contributed by atoms with van der Waals surface area (Å²) in [4.78, 5) is 0.163. The maximum Gasteiger partial charge on any atom is 0.243 e. The molecule has 0 radical (unpaired) electrons. The number of phenolic OH excluding ortho intramolecular Hbond substituents is 1. The van der Waals surface area contributed by atoms with Gasteiger partial charge in [0, 0.05) is 12.6 Å². The molecular formula is C14H22N2O3S. The molecule has 1 fully saturated rings. The van der Waals surface area contributed by atoms with Gasteiger partial charge in [-0.3, -0.25) is 0 Å². The van der Waals surface area contributed by atoms with Crippen molar-refractivity contribution in [3.05, 3.63) is 18.2 Å². The third-order valence-electron chi connectivity index (χ3n) is 3.80. The Morgan fingerprint density at radius 1 is 1.40 bits per heavy atom. The highest BCUT2D eigenvalue weighted by Crippen LogP contribution is 2.30. The average Bonchev–Trinajstić information content (AvgIpc) is 2.42. The van der Waals surface area contributed by atoms with Crippen LogP contribution in [0.25, 0.3) is 0 Å². The molecule has 1 unspecified atom stereocenters. The van der Waals surface area contributed by atoms with Crippen molar-refractivity contribution in [1.29, 1.82) is 0 Å². The van der Waals surface area contributed by atoms with Crippen LogP contribution >= 0.6 is 0 Å². The molecule has 0 spiro atoms. The predicted octanol–water partition coefficient (Wildman–Crippen LogP) is 2.32. The number of phenols is 1. The largest absolute Gasteiger partial charge is 0.506 e. The van der Waals surface area contributed by atoms with Gasteiger partial charge in [0.1, 0.15) is 5.75 Å². The lowest BCUT2D eigenvalue weighted by Crippen LogP contribution is -2.43. The Kier molecular flexibility index (Phi) is 4.55. The lowest BCUT2D eigenvalue weighted by atomic mass is 10.0. The summed E-state index contributed by atoms with van der Waals surface area (Å²) in [5, 5.41) is 9.42. The van der Waals surface area contributed by atoms with E-state index in [-0.39, 0.29) is 22.4 Å². The second kappa shape index (κ2) is 6.01. The number of nitrogen functional groups attached to an aromatic ring is 1. The van der Waals surface area contributed by atoms with Gasteiger partial charge in [0.25, 0.3) is 0 Å². The Balaban J connectivity index is 2.34. The molecule has 1 heterocycles. The molecule has 1 aliphatic rings. The van der Waals surface area contributed by atoms with E-state index >= 15 is 0 Å². The van der Waals surface area contributed by atoms with Crippen LogP contribution in [0.3, 0.4) is 0 Å². The minimum absolute atomic E-state index is 0.0776. The molecule has 0 aliphatic carbocycles. The highest BCUT2D eigenvalue weighted by Gasteiger charge is 2.33. The summed E-state index contributed by atoms with van der Waals surface area (Å²) in [6.45, 7) is 2.63. The van der Waals surface area contributed by atoms with Crippen molar-refractivity contribution < 1.29 is 13.5 Å². The minimum Gasteiger partial charge on any atom is -0.506 e. The lowest BCUT2D eigenvalue weighted by Gasteiger charge is -2.34. The van der Waals surface area contributed by atoms with Gasteiger partial charge in [-0.05, 0) is 37.5 Å². The van der Waals surface area contributed by atoms with E-state index in [1.165, 1.54) is 18.2 Å². The van der Waals surface area contributed by atoms with Crippen molar-refractivity contribution in [3.63, 3.8) is 0 Å². The molecule has 1 atom stereocenters. The van der Waals surface area contributed by atoms with Crippen LogP contribution in [0.15, 0.2) is 23.1 Å². The van der Waals surface area contributed by atoms with Gasteiger partial charge >= 0.3 is 0 Å². The second-order valence-corrected chi connectivity index (χ2v) is 7.17. The van der Waals surface area contributed by atoms with Crippen LogP contribution in [0.5, 0.6) is 5.75 Å². The number of rotatable bonds is 4. The van der Waals surface area contributed by atoms with E-state index in [1.807, 2.05) is 0 Å². The maximum absolute atomic E-state index is 12.7. The Bertz CT molecular complexity index is 570. The van der Waals surface area contributed by atoms with E-state index in [4.69, 9.17) is 5.73 Å². The first-order chi connectivity index (χ1) is 9.46.